The van der Waals surface area contributed by atoms with Crippen molar-refractivity contribution in [2.45, 2.75) is 38.1 Å². The molecule has 2 bridgehead atoms. The first kappa shape index (κ1) is 14.9. The van der Waals surface area contributed by atoms with Gasteiger partial charge in [0.25, 0.3) is 5.91 Å². The predicted molar refractivity (Wildman–Crippen MR) is 82.9 cm³/mol. The Morgan fingerprint density at radius 2 is 2.32 bits per heavy atom. The Morgan fingerprint density at radius 3 is 2.91 bits per heavy atom. The van der Waals surface area contributed by atoms with Crippen molar-refractivity contribution in [3.63, 3.8) is 0 Å². The maximum atomic E-state index is 12.3. The molecule has 1 heterocycles. The summed E-state index contributed by atoms with van der Waals surface area (Å²) in [5, 5.41) is 6.00. The van der Waals surface area contributed by atoms with Crippen LogP contribution in [-0.2, 0) is 11.2 Å². The molecule has 2 amide bonds. The van der Waals surface area contributed by atoms with Gasteiger partial charge in [0.05, 0.1) is 12.6 Å². The van der Waals surface area contributed by atoms with Crippen molar-refractivity contribution >= 4 is 11.8 Å². The number of nitrogens with one attached hydrogen (secondary N) is 2. The lowest BCUT2D eigenvalue weighted by Gasteiger charge is -2.27. The van der Waals surface area contributed by atoms with Crippen molar-refractivity contribution < 1.29 is 14.3 Å². The van der Waals surface area contributed by atoms with E-state index in [1.54, 1.807) is 13.2 Å². The number of fused-ring (bicyclic) bond motifs is 2. The van der Waals surface area contributed by atoms with E-state index < -0.39 is 0 Å². The number of rotatable bonds is 5. The first-order chi connectivity index (χ1) is 10.6. The highest BCUT2D eigenvalue weighted by molar-refractivity contribution is 5.95. The molecule has 0 radical (unpaired) electrons. The maximum Gasteiger partial charge on any atom is 0.251 e. The standard InChI is InChI=1S/C17H22N2O3/c1-3-11-4-5-12(8-14(11)22-2)15(20)18-10-17-7-6-13(9-17)16(21)19-17/h4-5,8,13H,3,6-7,9-10H2,1-2H3,(H,18,20)(H,19,21). The number of amides is 2. The second-order valence-corrected chi connectivity index (χ2v) is 6.27. The molecule has 2 aliphatic rings. The lowest BCUT2D eigenvalue weighted by molar-refractivity contribution is -0.124. The third kappa shape index (κ3) is 2.56. The van der Waals surface area contributed by atoms with E-state index in [-0.39, 0.29) is 23.3 Å². The number of aryl methyl sites for hydroxylation is 1. The molecule has 2 unspecified atom stereocenters. The summed E-state index contributed by atoms with van der Waals surface area (Å²) >= 11 is 0. The van der Waals surface area contributed by atoms with Crippen LogP contribution in [0.4, 0.5) is 0 Å². The highest BCUT2D eigenvalue weighted by Gasteiger charge is 2.49. The summed E-state index contributed by atoms with van der Waals surface area (Å²) in [5.74, 6) is 0.888. The van der Waals surface area contributed by atoms with Crippen molar-refractivity contribution in [2.75, 3.05) is 13.7 Å². The van der Waals surface area contributed by atoms with Gasteiger partial charge in [-0.05, 0) is 43.4 Å². The van der Waals surface area contributed by atoms with E-state index in [2.05, 4.69) is 17.6 Å². The van der Waals surface area contributed by atoms with Gasteiger partial charge in [0.2, 0.25) is 5.91 Å². The number of methoxy groups -OCH3 is 1. The second kappa shape index (κ2) is 5.63. The van der Waals surface area contributed by atoms with Crippen molar-refractivity contribution in [1.29, 1.82) is 0 Å². The van der Waals surface area contributed by atoms with Gasteiger partial charge in [-0.15, -0.1) is 0 Å². The topological polar surface area (TPSA) is 67.4 Å². The van der Waals surface area contributed by atoms with Gasteiger partial charge in [0.15, 0.2) is 0 Å². The van der Waals surface area contributed by atoms with Crippen LogP contribution in [0.15, 0.2) is 18.2 Å². The van der Waals surface area contributed by atoms with Crippen LogP contribution in [0.5, 0.6) is 5.75 Å². The average Bonchev–Trinajstić information content (AvgIpc) is 3.09. The number of benzene rings is 1. The second-order valence-electron chi connectivity index (χ2n) is 6.27. The van der Waals surface area contributed by atoms with Crippen LogP contribution in [-0.4, -0.2) is 31.0 Å². The number of ether oxygens (including phenoxy) is 1. The normalized spacial score (nSPS) is 25.9. The van der Waals surface area contributed by atoms with E-state index in [1.165, 1.54) is 0 Å². The zero-order chi connectivity index (χ0) is 15.7. The summed E-state index contributed by atoms with van der Waals surface area (Å²) in [4.78, 5) is 24.0. The lowest BCUT2D eigenvalue weighted by Crippen LogP contribution is -2.51. The number of hydrogen-bond donors (Lipinski definition) is 2. The van der Waals surface area contributed by atoms with E-state index in [0.717, 1.165) is 37.0 Å². The Balaban J connectivity index is 1.66. The van der Waals surface area contributed by atoms with E-state index in [9.17, 15) is 9.59 Å². The van der Waals surface area contributed by atoms with Crippen LogP contribution in [0, 0.1) is 5.92 Å². The molecular weight excluding hydrogens is 280 g/mol. The number of piperidine rings is 1. The fraction of sp³-hybridized carbons (Fsp3) is 0.529. The third-order valence-electron chi connectivity index (χ3n) is 4.89. The van der Waals surface area contributed by atoms with Crippen LogP contribution in [0.3, 0.4) is 0 Å². The van der Waals surface area contributed by atoms with Crippen LogP contribution in [0.1, 0.15) is 42.1 Å². The monoisotopic (exact) mass is 302 g/mol. The summed E-state index contributed by atoms with van der Waals surface area (Å²) in [6.07, 6.45) is 3.58. The molecule has 1 aliphatic heterocycles. The molecule has 3 rings (SSSR count). The SMILES string of the molecule is CCc1ccc(C(=O)NCC23CCC(C2)C(=O)N3)cc1OC. The summed E-state index contributed by atoms with van der Waals surface area (Å²) in [6.45, 7) is 2.54. The smallest absolute Gasteiger partial charge is 0.251 e. The van der Waals surface area contributed by atoms with E-state index in [1.807, 2.05) is 12.1 Å². The molecule has 1 saturated heterocycles. The molecule has 1 aromatic rings. The molecule has 22 heavy (non-hydrogen) atoms. The summed E-state index contributed by atoms with van der Waals surface area (Å²) in [6, 6.07) is 5.52. The van der Waals surface area contributed by atoms with Gasteiger partial charge >= 0.3 is 0 Å². The summed E-state index contributed by atoms with van der Waals surface area (Å²) in [5.41, 5.74) is 1.44. The van der Waals surface area contributed by atoms with Crippen molar-refractivity contribution in [2.24, 2.45) is 5.92 Å². The van der Waals surface area contributed by atoms with Crippen LogP contribution in [0.25, 0.3) is 0 Å². The van der Waals surface area contributed by atoms with Gasteiger partial charge in [-0.1, -0.05) is 13.0 Å². The minimum atomic E-state index is -0.231. The molecule has 2 N–H and O–H groups in total. The highest BCUT2D eigenvalue weighted by Crippen LogP contribution is 2.40. The molecule has 1 aromatic carbocycles. The van der Waals surface area contributed by atoms with Gasteiger partial charge < -0.3 is 15.4 Å². The quantitative estimate of drug-likeness (QED) is 0.869. The minimum Gasteiger partial charge on any atom is -0.496 e. The maximum absolute atomic E-state index is 12.3. The van der Waals surface area contributed by atoms with Crippen molar-refractivity contribution in [3.8, 4) is 5.75 Å². The molecule has 0 spiro atoms. The third-order valence-corrected chi connectivity index (χ3v) is 4.89. The zero-order valence-corrected chi connectivity index (χ0v) is 13.1. The largest absolute Gasteiger partial charge is 0.496 e. The molecule has 2 atom stereocenters. The van der Waals surface area contributed by atoms with Gasteiger partial charge in [-0.25, -0.2) is 0 Å². The summed E-state index contributed by atoms with van der Waals surface area (Å²) < 4.78 is 5.33. The number of carbonyl (C=O) groups excluding carboxylic acids is 2. The molecule has 5 nitrogen and oxygen atoms in total. The molecule has 2 fully saturated rings. The Hall–Kier alpha value is -2.04. The lowest BCUT2D eigenvalue weighted by atomic mass is 9.99. The Kier molecular flexibility index (Phi) is 3.81. The molecule has 1 aliphatic carbocycles. The van der Waals surface area contributed by atoms with Gasteiger partial charge in [-0.2, -0.15) is 0 Å². The average molecular weight is 302 g/mol. The van der Waals surface area contributed by atoms with Crippen molar-refractivity contribution in [3.05, 3.63) is 29.3 Å². The Bertz CT molecular complexity index is 614. The Morgan fingerprint density at radius 1 is 1.50 bits per heavy atom. The van der Waals surface area contributed by atoms with Gasteiger partial charge in [-0.3, -0.25) is 9.59 Å². The van der Waals surface area contributed by atoms with Crippen LogP contribution >= 0.6 is 0 Å². The van der Waals surface area contributed by atoms with Gasteiger partial charge in [0, 0.05) is 18.0 Å². The molecule has 118 valence electrons. The van der Waals surface area contributed by atoms with E-state index in [0.29, 0.717) is 12.1 Å². The van der Waals surface area contributed by atoms with E-state index in [4.69, 9.17) is 4.74 Å². The predicted octanol–water partition coefficient (Wildman–Crippen LogP) is 1.66. The highest BCUT2D eigenvalue weighted by atomic mass is 16.5. The summed E-state index contributed by atoms with van der Waals surface area (Å²) in [7, 11) is 1.61. The van der Waals surface area contributed by atoms with Crippen molar-refractivity contribution in [1.82, 2.24) is 10.6 Å². The fourth-order valence-corrected chi connectivity index (χ4v) is 3.56. The number of carbonyl (C=O) groups is 2. The number of hydrogen-bond acceptors (Lipinski definition) is 3. The Labute approximate surface area is 130 Å². The molecular formula is C17H22N2O3. The first-order valence-corrected chi connectivity index (χ1v) is 7.84. The van der Waals surface area contributed by atoms with Crippen LogP contribution < -0.4 is 15.4 Å². The van der Waals surface area contributed by atoms with E-state index >= 15 is 0 Å². The zero-order valence-electron chi connectivity index (χ0n) is 13.1. The first-order valence-electron chi connectivity index (χ1n) is 7.84. The molecule has 5 heteroatoms. The van der Waals surface area contributed by atoms with Crippen LogP contribution in [0.2, 0.25) is 0 Å². The molecule has 1 saturated carbocycles. The van der Waals surface area contributed by atoms with Gasteiger partial charge in [0.1, 0.15) is 5.75 Å². The fourth-order valence-electron chi connectivity index (χ4n) is 3.56. The minimum absolute atomic E-state index is 0.125. The molecule has 0 aromatic heterocycles.